The fourth-order valence-electron chi connectivity index (χ4n) is 7.29. The molecule has 0 radical (unpaired) electrons. The lowest BCUT2D eigenvalue weighted by molar-refractivity contribution is -0.142. The molecule has 16 heteroatoms. The predicted octanol–water partition coefficient (Wildman–Crippen LogP) is 1.90. The van der Waals surface area contributed by atoms with E-state index in [1.807, 2.05) is 19.1 Å². The molecule has 6 rings (SSSR count). The first kappa shape index (κ1) is 35.4. The molecular weight excluding hydrogens is 668 g/mol. The van der Waals surface area contributed by atoms with Gasteiger partial charge in [0.25, 0.3) is 11.5 Å². The number of carboxylic acid groups (broad SMARTS) is 1. The van der Waals surface area contributed by atoms with Gasteiger partial charge in [0.15, 0.2) is 0 Å². The van der Waals surface area contributed by atoms with E-state index >= 15 is 0 Å². The molecule has 2 aromatic rings. The molecule has 1 aromatic heterocycles. The molecule has 15 nitrogen and oxygen atoms in total. The number of hydrogen-bond acceptors (Lipinski definition) is 9. The Kier molecular flexibility index (Phi) is 9.68. The number of carbonyl (C=O) groups is 4. The topological polar surface area (TPSA) is 206 Å². The number of aryl methyl sites for hydroxylation is 1. The zero-order chi connectivity index (χ0) is 36.0. The summed E-state index contributed by atoms with van der Waals surface area (Å²) in [4.78, 5) is 68.4. The highest BCUT2D eigenvalue weighted by molar-refractivity contribution is 7.91. The molecule has 50 heavy (non-hydrogen) atoms. The van der Waals surface area contributed by atoms with Crippen molar-refractivity contribution in [3.05, 3.63) is 46.8 Å². The molecule has 0 spiro atoms. The first-order valence-corrected chi connectivity index (χ1v) is 18.8. The summed E-state index contributed by atoms with van der Waals surface area (Å²) in [5.41, 5.74) is -1.84. The fourth-order valence-corrected chi connectivity index (χ4v) is 8.66. The van der Waals surface area contributed by atoms with E-state index in [4.69, 9.17) is 4.74 Å². The van der Waals surface area contributed by atoms with E-state index in [0.29, 0.717) is 36.5 Å². The first-order chi connectivity index (χ1) is 23.7. The van der Waals surface area contributed by atoms with Gasteiger partial charge in [0, 0.05) is 18.9 Å². The van der Waals surface area contributed by atoms with E-state index in [1.54, 1.807) is 38.1 Å². The normalized spacial score (nSPS) is 31.0. The first-order valence-electron chi connectivity index (χ1n) is 17.2. The largest absolute Gasteiger partial charge is 0.471 e. The van der Waals surface area contributed by atoms with Gasteiger partial charge in [0.1, 0.15) is 23.7 Å². The second-order valence-electron chi connectivity index (χ2n) is 14.2. The van der Waals surface area contributed by atoms with Crippen LogP contribution in [0.5, 0.6) is 5.88 Å². The monoisotopic (exact) mass is 712 g/mol. The zero-order valence-electron chi connectivity index (χ0n) is 28.3. The Hall–Kier alpha value is -4.47. The second-order valence-corrected chi connectivity index (χ2v) is 16.1. The number of hydrogen-bond donors (Lipinski definition) is 4. The summed E-state index contributed by atoms with van der Waals surface area (Å²) in [6.45, 7) is 5.73. The van der Waals surface area contributed by atoms with Crippen molar-refractivity contribution in [2.45, 2.75) is 101 Å². The second kappa shape index (κ2) is 13.7. The summed E-state index contributed by atoms with van der Waals surface area (Å²) >= 11 is 0. The van der Waals surface area contributed by atoms with Crippen LogP contribution in [0.2, 0.25) is 0 Å². The summed E-state index contributed by atoms with van der Waals surface area (Å²) in [6, 6.07) is 4.44. The van der Waals surface area contributed by atoms with Crippen molar-refractivity contribution in [3.8, 4) is 5.88 Å². The Morgan fingerprint density at radius 1 is 1.10 bits per heavy atom. The average molecular weight is 713 g/mol. The Bertz CT molecular complexity index is 1890. The molecule has 0 unspecified atom stereocenters. The summed E-state index contributed by atoms with van der Waals surface area (Å²) < 4.78 is 35.3. The number of nitrogens with one attached hydrogen (secondary N) is 3. The van der Waals surface area contributed by atoms with Crippen LogP contribution in [-0.4, -0.2) is 87.5 Å². The summed E-state index contributed by atoms with van der Waals surface area (Å²) in [5.74, 6) is -2.79. The predicted molar refractivity (Wildman–Crippen MR) is 182 cm³/mol. The fraction of sp³-hybridized carbons (Fsp3) is 0.588. The SMILES string of the molecule is CCn1nc(O[C@@H]2C[C@H]3C(=O)N[C@]4(C(=O)NS(=O)(=O)C5CC5)C[C@H]4/C=C\CC[C@@H](C)C[C@@H](C)[C@H](NC(=O)O)C(=O)N3C2)c2ccccc2c1=O. The molecule has 4 N–H and O–H groups in total. The minimum atomic E-state index is -3.91. The van der Waals surface area contributed by atoms with Crippen LogP contribution in [0.3, 0.4) is 0 Å². The molecule has 4 aliphatic rings. The van der Waals surface area contributed by atoms with E-state index in [-0.39, 0.29) is 43.3 Å². The highest BCUT2D eigenvalue weighted by Crippen LogP contribution is 2.46. The lowest BCUT2D eigenvalue weighted by atomic mass is 9.88. The van der Waals surface area contributed by atoms with E-state index in [2.05, 4.69) is 20.5 Å². The Morgan fingerprint density at radius 3 is 2.50 bits per heavy atom. The number of rotatable bonds is 7. The molecule has 4 amide bonds. The quantitative estimate of drug-likeness (QED) is 0.307. The molecule has 1 saturated heterocycles. The standard InChI is InChI=1S/C34H44N6O9S/c1-4-40-30(42)25-12-8-7-11-24(25)29(37-40)49-22-16-26-28(41)36-34(32(44)38-50(47,48)23-13-14-23)17-21(34)10-6-5-9-19(2)15-20(3)27(35-33(45)46)31(43)39(26)18-22/h6-8,10-12,19-23,26-27,35H,4-5,9,13-18H2,1-3H3,(H,36,41)(H,38,44)(H,45,46)/b10-6-/t19-,20-,21-,22-,26+,27+,34-/m1/s1. The average Bonchev–Trinajstić information content (AvgIpc) is 3.99. The summed E-state index contributed by atoms with van der Waals surface area (Å²) in [5, 5.41) is 19.5. The number of ether oxygens (including phenoxy) is 1. The maximum absolute atomic E-state index is 14.3. The van der Waals surface area contributed by atoms with Crippen LogP contribution in [0.1, 0.15) is 65.7 Å². The summed E-state index contributed by atoms with van der Waals surface area (Å²) in [7, 11) is -3.91. The van der Waals surface area contributed by atoms with E-state index in [0.717, 1.165) is 6.42 Å². The lowest BCUT2D eigenvalue weighted by Crippen LogP contribution is -2.59. The van der Waals surface area contributed by atoms with Gasteiger partial charge in [-0.25, -0.2) is 17.9 Å². The van der Waals surface area contributed by atoms with Crippen molar-refractivity contribution in [2.75, 3.05) is 6.54 Å². The molecule has 3 fully saturated rings. The highest BCUT2D eigenvalue weighted by atomic mass is 32.2. The number of aromatic nitrogens is 2. The van der Waals surface area contributed by atoms with Gasteiger partial charge in [-0.2, -0.15) is 0 Å². The minimum absolute atomic E-state index is 0.0397. The molecule has 0 bridgehead atoms. The van der Waals surface area contributed by atoms with Crippen molar-refractivity contribution in [1.29, 1.82) is 0 Å². The smallest absolute Gasteiger partial charge is 0.405 e. The third-order valence-electron chi connectivity index (χ3n) is 10.3. The van der Waals surface area contributed by atoms with Gasteiger partial charge in [-0.1, -0.05) is 38.1 Å². The molecule has 270 valence electrons. The number of nitrogens with zero attached hydrogens (tertiary/aromatic N) is 3. The van der Waals surface area contributed by atoms with E-state index in [9.17, 15) is 37.5 Å². The third-order valence-corrected chi connectivity index (χ3v) is 12.1. The van der Waals surface area contributed by atoms with E-state index < -0.39 is 74.7 Å². The Labute approximate surface area is 289 Å². The summed E-state index contributed by atoms with van der Waals surface area (Å²) in [6.07, 6.45) is 4.49. The number of sulfonamides is 1. The van der Waals surface area contributed by atoms with Crippen LogP contribution >= 0.6 is 0 Å². The Morgan fingerprint density at radius 2 is 1.82 bits per heavy atom. The third kappa shape index (κ3) is 7.07. The minimum Gasteiger partial charge on any atom is -0.471 e. The van der Waals surface area contributed by atoms with Gasteiger partial charge in [0.2, 0.25) is 27.7 Å². The van der Waals surface area contributed by atoms with Crippen LogP contribution in [0, 0.1) is 17.8 Å². The van der Waals surface area contributed by atoms with Gasteiger partial charge in [-0.3, -0.25) is 23.9 Å². The van der Waals surface area contributed by atoms with Gasteiger partial charge < -0.3 is 25.4 Å². The van der Waals surface area contributed by atoms with Gasteiger partial charge >= 0.3 is 6.09 Å². The van der Waals surface area contributed by atoms with Gasteiger partial charge in [0.05, 0.1) is 22.6 Å². The van der Waals surface area contributed by atoms with Crippen molar-refractivity contribution >= 4 is 44.6 Å². The molecule has 2 saturated carbocycles. The van der Waals surface area contributed by atoms with Crippen molar-refractivity contribution in [1.82, 2.24) is 30.0 Å². The van der Waals surface area contributed by atoms with Gasteiger partial charge in [-0.05, 0) is 69.4 Å². The van der Waals surface area contributed by atoms with Gasteiger partial charge in [-0.15, -0.1) is 5.10 Å². The lowest BCUT2D eigenvalue weighted by Gasteiger charge is -2.32. The zero-order valence-corrected chi connectivity index (χ0v) is 29.1. The molecular formula is C34H44N6O9S. The molecule has 3 heterocycles. The molecule has 2 aliphatic carbocycles. The van der Waals surface area contributed by atoms with Crippen molar-refractivity contribution in [2.24, 2.45) is 17.8 Å². The van der Waals surface area contributed by atoms with Crippen LogP contribution in [0.15, 0.2) is 41.2 Å². The number of carbonyl (C=O) groups excluding carboxylic acids is 3. The number of amides is 4. The molecule has 1 aromatic carbocycles. The Balaban J connectivity index is 1.36. The maximum Gasteiger partial charge on any atom is 0.405 e. The number of fused-ring (bicyclic) bond motifs is 3. The van der Waals surface area contributed by atoms with Crippen LogP contribution in [0.25, 0.3) is 10.8 Å². The van der Waals surface area contributed by atoms with Crippen molar-refractivity contribution in [3.63, 3.8) is 0 Å². The van der Waals surface area contributed by atoms with E-state index in [1.165, 1.54) is 9.58 Å². The number of benzene rings is 1. The van der Waals surface area contributed by atoms with Crippen LogP contribution in [-0.2, 0) is 31.0 Å². The number of allylic oxidation sites excluding steroid dienone is 1. The van der Waals surface area contributed by atoms with Crippen molar-refractivity contribution < 1.29 is 37.4 Å². The molecule has 7 atom stereocenters. The maximum atomic E-state index is 14.3. The van der Waals surface area contributed by atoms with Crippen LogP contribution in [0.4, 0.5) is 4.79 Å². The molecule has 2 aliphatic heterocycles. The highest BCUT2D eigenvalue weighted by Gasteiger charge is 2.62. The van der Waals surface area contributed by atoms with Crippen LogP contribution < -0.4 is 25.7 Å².